The molecule has 3 N–H and O–H groups in total. The highest BCUT2D eigenvalue weighted by Crippen LogP contribution is 2.14. The van der Waals surface area contributed by atoms with Crippen molar-refractivity contribution in [2.24, 2.45) is 5.73 Å². The van der Waals surface area contributed by atoms with Gasteiger partial charge in [0.1, 0.15) is 6.54 Å². The summed E-state index contributed by atoms with van der Waals surface area (Å²) in [4.78, 5) is 46.6. The third kappa shape index (κ3) is 5.16. The molecule has 3 rings (SSSR count). The molecule has 148 valence electrons. The molecule has 10 nitrogen and oxygen atoms in total. The van der Waals surface area contributed by atoms with E-state index in [1.54, 1.807) is 30.3 Å². The third-order valence-corrected chi connectivity index (χ3v) is 3.72. The Bertz CT molecular complexity index is 1090. The summed E-state index contributed by atoms with van der Waals surface area (Å²) in [6.07, 6.45) is 0. The first-order valence-corrected chi connectivity index (χ1v) is 8.41. The molecule has 0 aliphatic carbocycles. The van der Waals surface area contributed by atoms with Crippen molar-refractivity contribution < 1.29 is 23.5 Å². The minimum absolute atomic E-state index is 0.0700. The molecule has 0 unspecified atom stereocenters. The van der Waals surface area contributed by atoms with Crippen LogP contribution in [0.2, 0.25) is 0 Å². The lowest BCUT2D eigenvalue weighted by Crippen LogP contribution is -2.26. The number of amides is 2. The lowest BCUT2D eigenvalue weighted by Gasteiger charge is -2.06. The quantitative estimate of drug-likeness (QED) is 0.561. The van der Waals surface area contributed by atoms with E-state index in [1.165, 1.54) is 24.3 Å². The molecule has 0 fully saturated rings. The van der Waals surface area contributed by atoms with Crippen LogP contribution in [-0.2, 0) is 20.9 Å². The molecule has 0 radical (unpaired) electrons. The summed E-state index contributed by atoms with van der Waals surface area (Å²) in [5.41, 5.74) is 6.41. The number of esters is 1. The van der Waals surface area contributed by atoms with Crippen molar-refractivity contribution in [3.63, 3.8) is 0 Å². The molecule has 3 aromatic rings. The zero-order valence-electron chi connectivity index (χ0n) is 15.0. The molecular weight excluding hydrogens is 380 g/mol. The molecule has 0 spiro atoms. The second-order valence-corrected chi connectivity index (χ2v) is 5.85. The molecule has 0 saturated heterocycles. The third-order valence-electron chi connectivity index (χ3n) is 3.72. The topological polar surface area (TPSA) is 147 Å². The fourth-order valence-electron chi connectivity index (χ4n) is 2.33. The summed E-state index contributed by atoms with van der Waals surface area (Å²) in [7, 11) is 0. The highest BCUT2D eigenvalue weighted by Gasteiger charge is 2.15. The monoisotopic (exact) mass is 396 g/mol. The van der Waals surface area contributed by atoms with Gasteiger partial charge in [0.15, 0.2) is 6.61 Å². The number of nitrogens with one attached hydrogen (secondary N) is 1. The average Bonchev–Trinajstić information content (AvgIpc) is 3.08. The predicted octanol–water partition coefficient (Wildman–Crippen LogP) is 0.784. The number of ether oxygens (including phenoxy) is 1. The number of primary amides is 1. The zero-order valence-corrected chi connectivity index (χ0v) is 15.0. The molecule has 0 saturated carbocycles. The maximum atomic E-state index is 11.9. The molecule has 2 aromatic carbocycles. The van der Waals surface area contributed by atoms with Crippen LogP contribution in [0.1, 0.15) is 10.4 Å². The number of nitrogens with two attached hydrogens (primary N) is 1. The van der Waals surface area contributed by atoms with E-state index in [2.05, 4.69) is 10.4 Å². The van der Waals surface area contributed by atoms with E-state index in [1.807, 2.05) is 0 Å². The van der Waals surface area contributed by atoms with Gasteiger partial charge in [0.2, 0.25) is 11.8 Å². The van der Waals surface area contributed by atoms with E-state index in [-0.39, 0.29) is 5.89 Å². The number of nitrogens with zero attached hydrogens (tertiary/aromatic N) is 2. The van der Waals surface area contributed by atoms with Crippen LogP contribution in [0.5, 0.6) is 0 Å². The Balaban J connectivity index is 1.52. The number of carbonyl (C=O) groups is 3. The summed E-state index contributed by atoms with van der Waals surface area (Å²) in [6, 6.07) is 14.6. The molecule has 0 aliphatic heterocycles. The average molecular weight is 396 g/mol. The summed E-state index contributed by atoms with van der Waals surface area (Å²) in [5, 5.41) is 6.43. The summed E-state index contributed by atoms with van der Waals surface area (Å²) < 4.78 is 10.7. The fourth-order valence-corrected chi connectivity index (χ4v) is 2.33. The van der Waals surface area contributed by atoms with Gasteiger partial charge >= 0.3 is 11.7 Å². The lowest BCUT2D eigenvalue weighted by molar-refractivity contribution is -0.148. The van der Waals surface area contributed by atoms with Crippen molar-refractivity contribution in [1.82, 2.24) is 9.78 Å². The number of benzene rings is 2. The maximum Gasteiger partial charge on any atom is 0.437 e. The van der Waals surface area contributed by atoms with Crippen LogP contribution in [0.25, 0.3) is 11.5 Å². The summed E-state index contributed by atoms with van der Waals surface area (Å²) >= 11 is 0. The van der Waals surface area contributed by atoms with Gasteiger partial charge in [-0.15, -0.1) is 5.10 Å². The number of carbonyl (C=O) groups excluding carboxylic acids is 3. The number of hydrogen-bond donors (Lipinski definition) is 2. The molecule has 2 amide bonds. The van der Waals surface area contributed by atoms with Crippen molar-refractivity contribution >= 4 is 23.5 Å². The smallest absolute Gasteiger partial charge is 0.437 e. The van der Waals surface area contributed by atoms with E-state index in [4.69, 9.17) is 14.9 Å². The standard InChI is InChI=1S/C19H16N4O6/c20-17(26)12-6-8-14(9-7-12)21-15(24)11-28-16(25)10-23-19(27)29-18(22-23)13-4-2-1-3-5-13/h1-9H,10-11H2,(H2,20,26)(H,21,24). The van der Waals surface area contributed by atoms with Crippen LogP contribution >= 0.6 is 0 Å². The first-order valence-electron chi connectivity index (χ1n) is 8.41. The second kappa shape index (κ2) is 8.65. The first kappa shape index (κ1) is 19.5. The largest absolute Gasteiger partial charge is 0.454 e. The Hall–Kier alpha value is -4.21. The Morgan fingerprint density at radius 1 is 1.07 bits per heavy atom. The molecule has 29 heavy (non-hydrogen) atoms. The minimum atomic E-state index is -0.834. The maximum absolute atomic E-state index is 11.9. The van der Waals surface area contributed by atoms with Crippen LogP contribution < -0.4 is 16.8 Å². The molecule has 0 aliphatic rings. The van der Waals surface area contributed by atoms with Crippen LogP contribution in [0.3, 0.4) is 0 Å². The fraction of sp³-hybridized carbons (Fsp3) is 0.105. The SMILES string of the molecule is NC(=O)c1ccc(NC(=O)COC(=O)Cn2nc(-c3ccccc3)oc2=O)cc1. The first-order chi connectivity index (χ1) is 13.9. The van der Waals surface area contributed by atoms with Gasteiger partial charge in [0, 0.05) is 16.8 Å². The molecule has 10 heteroatoms. The van der Waals surface area contributed by atoms with Crippen LogP contribution in [-0.4, -0.2) is 34.2 Å². The summed E-state index contributed by atoms with van der Waals surface area (Å²) in [6.45, 7) is -1.07. The molecule has 1 aromatic heterocycles. The second-order valence-electron chi connectivity index (χ2n) is 5.85. The van der Waals surface area contributed by atoms with Gasteiger partial charge in [-0.05, 0) is 36.4 Å². The van der Waals surface area contributed by atoms with Crippen molar-refractivity contribution in [2.75, 3.05) is 11.9 Å². The van der Waals surface area contributed by atoms with Gasteiger partial charge in [0.25, 0.3) is 5.91 Å². The molecule has 0 bridgehead atoms. The highest BCUT2D eigenvalue weighted by molar-refractivity contribution is 5.95. The van der Waals surface area contributed by atoms with Crippen LogP contribution in [0, 0.1) is 0 Å². The Labute approximate surface area is 163 Å². The van der Waals surface area contributed by atoms with Crippen LogP contribution in [0.15, 0.2) is 63.8 Å². The minimum Gasteiger partial charge on any atom is -0.454 e. The molecule has 1 heterocycles. The van der Waals surface area contributed by atoms with Gasteiger partial charge < -0.3 is 20.2 Å². The van der Waals surface area contributed by atoms with E-state index < -0.39 is 36.7 Å². The van der Waals surface area contributed by atoms with Gasteiger partial charge in [-0.25, -0.2) is 4.79 Å². The highest BCUT2D eigenvalue weighted by atomic mass is 16.5. The van der Waals surface area contributed by atoms with E-state index >= 15 is 0 Å². The van der Waals surface area contributed by atoms with Crippen LogP contribution in [0.4, 0.5) is 5.69 Å². The number of hydrogen-bond acceptors (Lipinski definition) is 7. The van der Waals surface area contributed by atoms with Gasteiger partial charge in [0.05, 0.1) is 0 Å². The number of rotatable bonds is 7. The van der Waals surface area contributed by atoms with E-state index in [9.17, 15) is 19.2 Å². The predicted molar refractivity (Wildman–Crippen MR) is 101 cm³/mol. The van der Waals surface area contributed by atoms with Gasteiger partial charge in [-0.1, -0.05) is 18.2 Å². The molecule has 0 atom stereocenters. The Kier molecular flexibility index (Phi) is 5.83. The lowest BCUT2D eigenvalue weighted by atomic mass is 10.2. The van der Waals surface area contributed by atoms with Gasteiger partial charge in [-0.2, -0.15) is 4.68 Å². The van der Waals surface area contributed by atoms with Crippen molar-refractivity contribution in [3.05, 3.63) is 70.7 Å². The Morgan fingerprint density at radius 3 is 2.41 bits per heavy atom. The van der Waals surface area contributed by atoms with E-state index in [0.717, 1.165) is 4.68 Å². The van der Waals surface area contributed by atoms with Crippen molar-refractivity contribution in [2.45, 2.75) is 6.54 Å². The van der Waals surface area contributed by atoms with E-state index in [0.29, 0.717) is 16.8 Å². The normalized spacial score (nSPS) is 10.3. The summed E-state index contributed by atoms with van der Waals surface area (Å²) in [5.74, 6) is -2.77. The number of anilines is 1. The number of aromatic nitrogens is 2. The van der Waals surface area contributed by atoms with Crippen molar-refractivity contribution in [3.8, 4) is 11.5 Å². The zero-order chi connectivity index (χ0) is 20.8. The van der Waals surface area contributed by atoms with Crippen molar-refractivity contribution in [1.29, 1.82) is 0 Å². The molecular formula is C19H16N4O6. The Morgan fingerprint density at radius 2 is 1.76 bits per heavy atom. The van der Waals surface area contributed by atoms with Gasteiger partial charge in [-0.3, -0.25) is 14.4 Å².